The molecule has 0 spiro atoms. The highest BCUT2D eigenvalue weighted by atomic mass is 127. The van der Waals surface area contributed by atoms with Crippen LogP contribution < -0.4 is 15.5 Å². The van der Waals surface area contributed by atoms with Crippen molar-refractivity contribution in [2.75, 3.05) is 44.2 Å². The number of guanidine groups is 1. The number of anilines is 1. The first-order chi connectivity index (χ1) is 14.7. The largest absolute Gasteiger partial charge is 0.357 e. The predicted octanol–water partition coefficient (Wildman–Crippen LogP) is 3.15. The van der Waals surface area contributed by atoms with Gasteiger partial charge in [0.15, 0.2) is 5.96 Å². The number of carbonyl (C=O) groups excluding carboxylic acids is 1. The van der Waals surface area contributed by atoms with Gasteiger partial charge in [0.25, 0.3) is 0 Å². The number of aliphatic imine (C=N–C) groups is 1. The summed E-state index contributed by atoms with van der Waals surface area (Å²) >= 11 is 6.03. The van der Waals surface area contributed by atoms with E-state index in [1.807, 2.05) is 54.3 Å². The Morgan fingerprint density at radius 2 is 1.94 bits per heavy atom. The minimum Gasteiger partial charge on any atom is -0.357 e. The van der Waals surface area contributed by atoms with E-state index in [9.17, 15) is 4.79 Å². The Kier molecular flexibility index (Phi) is 10.9. The molecule has 1 aromatic carbocycles. The van der Waals surface area contributed by atoms with Crippen LogP contribution in [0.15, 0.2) is 53.7 Å². The maximum atomic E-state index is 12.6. The number of hydrogen-bond donors (Lipinski definition) is 2. The van der Waals surface area contributed by atoms with Gasteiger partial charge in [-0.05, 0) is 36.8 Å². The van der Waals surface area contributed by atoms with Crippen molar-refractivity contribution in [2.24, 2.45) is 4.99 Å². The van der Waals surface area contributed by atoms with Gasteiger partial charge in [0.2, 0.25) is 5.91 Å². The average Bonchev–Trinajstić information content (AvgIpc) is 2.78. The highest BCUT2D eigenvalue weighted by Crippen LogP contribution is 2.13. The van der Waals surface area contributed by atoms with Gasteiger partial charge in [-0.2, -0.15) is 0 Å². The molecule has 2 N–H and O–H groups in total. The summed E-state index contributed by atoms with van der Waals surface area (Å²) in [6.45, 7) is 6.89. The molecule has 0 bridgehead atoms. The van der Waals surface area contributed by atoms with Crippen LogP contribution >= 0.6 is 35.6 Å². The van der Waals surface area contributed by atoms with Crippen molar-refractivity contribution in [1.29, 1.82) is 0 Å². The van der Waals surface area contributed by atoms with Crippen molar-refractivity contribution in [1.82, 2.24) is 20.5 Å². The molecule has 1 amide bonds. The van der Waals surface area contributed by atoms with Crippen molar-refractivity contribution in [3.8, 4) is 0 Å². The number of hydrogen-bond acceptors (Lipinski definition) is 4. The third-order valence-corrected chi connectivity index (χ3v) is 5.13. The first-order valence-electron chi connectivity index (χ1n) is 10.4. The van der Waals surface area contributed by atoms with Crippen molar-refractivity contribution >= 4 is 53.3 Å². The molecule has 2 heterocycles. The Hall–Kier alpha value is -2.07. The van der Waals surface area contributed by atoms with E-state index >= 15 is 0 Å². The SMILES string of the molecule is CCNC(=NCc1cccc(Cl)c1)NCCC(=O)N1CCN(c2ccccn2)CC1.I. The van der Waals surface area contributed by atoms with Crippen molar-refractivity contribution in [2.45, 2.75) is 19.9 Å². The van der Waals surface area contributed by atoms with Gasteiger partial charge >= 0.3 is 0 Å². The van der Waals surface area contributed by atoms with Gasteiger partial charge in [-0.15, -0.1) is 24.0 Å². The number of piperazine rings is 1. The van der Waals surface area contributed by atoms with E-state index in [4.69, 9.17) is 11.6 Å². The molecule has 9 heteroatoms. The normalized spacial score (nSPS) is 14.1. The zero-order valence-electron chi connectivity index (χ0n) is 17.8. The fraction of sp³-hybridized carbons (Fsp3) is 0.409. The standard InChI is InChI=1S/C22H29ClN6O.HI/c1-2-24-22(27-17-18-6-5-7-19(23)16-18)26-11-9-21(30)29-14-12-28(13-15-29)20-8-3-4-10-25-20;/h3-8,10,16H,2,9,11-15,17H2,1H3,(H2,24,26,27);1H. The second-order valence-corrected chi connectivity index (χ2v) is 7.49. The van der Waals surface area contributed by atoms with Gasteiger partial charge in [-0.3, -0.25) is 4.79 Å². The molecule has 7 nitrogen and oxygen atoms in total. The molecule has 1 saturated heterocycles. The quantitative estimate of drug-likeness (QED) is 0.312. The molecule has 0 aliphatic carbocycles. The van der Waals surface area contributed by atoms with E-state index in [0.29, 0.717) is 30.5 Å². The molecule has 0 radical (unpaired) electrons. The number of nitrogens with one attached hydrogen (secondary N) is 2. The number of nitrogens with zero attached hydrogens (tertiary/aromatic N) is 4. The third kappa shape index (κ3) is 8.17. The Bertz CT molecular complexity index is 843. The first-order valence-corrected chi connectivity index (χ1v) is 10.7. The highest BCUT2D eigenvalue weighted by molar-refractivity contribution is 14.0. The summed E-state index contributed by atoms with van der Waals surface area (Å²) in [7, 11) is 0. The lowest BCUT2D eigenvalue weighted by molar-refractivity contribution is -0.131. The molecule has 2 aromatic rings. The smallest absolute Gasteiger partial charge is 0.224 e. The lowest BCUT2D eigenvalue weighted by Gasteiger charge is -2.35. The van der Waals surface area contributed by atoms with E-state index in [1.165, 1.54) is 0 Å². The Morgan fingerprint density at radius 1 is 1.13 bits per heavy atom. The maximum absolute atomic E-state index is 12.6. The lowest BCUT2D eigenvalue weighted by Crippen LogP contribution is -2.49. The number of benzene rings is 1. The number of aromatic nitrogens is 1. The summed E-state index contributed by atoms with van der Waals surface area (Å²) in [5.41, 5.74) is 1.04. The van der Waals surface area contributed by atoms with Gasteiger partial charge < -0.3 is 20.4 Å². The van der Waals surface area contributed by atoms with Gasteiger partial charge in [0.1, 0.15) is 5.82 Å². The fourth-order valence-electron chi connectivity index (χ4n) is 3.32. The zero-order chi connectivity index (χ0) is 21.2. The molecule has 1 aromatic heterocycles. The van der Waals surface area contributed by atoms with Gasteiger partial charge in [-0.1, -0.05) is 29.8 Å². The van der Waals surface area contributed by atoms with Crippen LogP contribution in [-0.4, -0.2) is 61.0 Å². The predicted molar refractivity (Wildman–Crippen MR) is 137 cm³/mol. The monoisotopic (exact) mass is 556 g/mol. The minimum absolute atomic E-state index is 0. The average molecular weight is 557 g/mol. The molecule has 1 fully saturated rings. The third-order valence-electron chi connectivity index (χ3n) is 4.89. The van der Waals surface area contributed by atoms with E-state index < -0.39 is 0 Å². The molecular weight excluding hydrogens is 527 g/mol. The van der Waals surface area contributed by atoms with Crippen molar-refractivity contribution < 1.29 is 4.79 Å². The Labute approximate surface area is 206 Å². The van der Waals surface area contributed by atoms with Crippen LogP contribution in [0.2, 0.25) is 5.02 Å². The van der Waals surface area contributed by atoms with Crippen molar-refractivity contribution in [3.63, 3.8) is 0 Å². The molecule has 3 rings (SSSR count). The topological polar surface area (TPSA) is 72.9 Å². The number of amides is 1. The Morgan fingerprint density at radius 3 is 2.61 bits per heavy atom. The summed E-state index contributed by atoms with van der Waals surface area (Å²) in [5, 5.41) is 7.16. The Balaban J connectivity index is 0.00000341. The maximum Gasteiger partial charge on any atom is 0.224 e. The summed E-state index contributed by atoms with van der Waals surface area (Å²) in [6.07, 6.45) is 2.24. The van der Waals surface area contributed by atoms with Crippen LogP contribution in [0.5, 0.6) is 0 Å². The van der Waals surface area contributed by atoms with E-state index in [2.05, 4.69) is 25.5 Å². The molecule has 0 saturated carbocycles. The van der Waals surface area contributed by atoms with Crippen LogP contribution in [0, 0.1) is 0 Å². The summed E-state index contributed by atoms with van der Waals surface area (Å²) in [6, 6.07) is 13.6. The number of rotatable bonds is 7. The van der Waals surface area contributed by atoms with Gasteiger partial charge in [0.05, 0.1) is 6.54 Å². The van der Waals surface area contributed by atoms with Crippen LogP contribution in [-0.2, 0) is 11.3 Å². The van der Waals surface area contributed by atoms with Gasteiger partial charge in [-0.25, -0.2) is 9.98 Å². The van der Waals surface area contributed by atoms with Gasteiger partial charge in [0, 0.05) is 56.9 Å². The summed E-state index contributed by atoms with van der Waals surface area (Å²) < 4.78 is 0. The van der Waals surface area contributed by atoms with Crippen LogP contribution in [0.4, 0.5) is 5.82 Å². The van der Waals surface area contributed by atoms with Crippen LogP contribution in [0.25, 0.3) is 0 Å². The second kappa shape index (κ2) is 13.4. The molecular formula is C22H30ClIN6O. The number of pyridine rings is 1. The van der Waals surface area contributed by atoms with E-state index in [0.717, 1.165) is 44.1 Å². The fourth-order valence-corrected chi connectivity index (χ4v) is 3.53. The van der Waals surface area contributed by atoms with Crippen molar-refractivity contribution in [3.05, 3.63) is 59.2 Å². The van der Waals surface area contributed by atoms with E-state index in [-0.39, 0.29) is 29.9 Å². The number of halogens is 2. The number of carbonyl (C=O) groups is 1. The first kappa shape index (κ1) is 25.2. The molecule has 168 valence electrons. The molecule has 1 aliphatic heterocycles. The molecule has 1 aliphatic rings. The van der Waals surface area contributed by atoms with Crippen LogP contribution in [0.3, 0.4) is 0 Å². The zero-order valence-corrected chi connectivity index (χ0v) is 20.8. The molecule has 31 heavy (non-hydrogen) atoms. The summed E-state index contributed by atoms with van der Waals surface area (Å²) in [5.74, 6) is 1.83. The minimum atomic E-state index is 0. The lowest BCUT2D eigenvalue weighted by atomic mass is 10.2. The summed E-state index contributed by atoms with van der Waals surface area (Å²) in [4.78, 5) is 25.7. The second-order valence-electron chi connectivity index (χ2n) is 7.06. The van der Waals surface area contributed by atoms with Crippen LogP contribution in [0.1, 0.15) is 18.9 Å². The highest BCUT2D eigenvalue weighted by Gasteiger charge is 2.21. The molecule has 0 unspecified atom stereocenters. The molecule has 0 atom stereocenters. The van der Waals surface area contributed by atoms with E-state index in [1.54, 1.807) is 6.20 Å².